The molecular formula is C14H14. The van der Waals surface area contributed by atoms with Gasteiger partial charge in [-0.2, -0.15) is 0 Å². The molecule has 0 saturated heterocycles. The minimum absolute atomic E-state index is 0.894. The van der Waals surface area contributed by atoms with E-state index in [0.29, 0.717) is 0 Å². The largest absolute Gasteiger partial charge is 0.0982 e. The fraction of sp³-hybridized carbons (Fsp3) is 0.286. The number of hydrogen-bond donors (Lipinski definition) is 0. The summed E-state index contributed by atoms with van der Waals surface area (Å²) >= 11 is 0. The molecule has 1 aromatic carbocycles. The van der Waals surface area contributed by atoms with Crippen LogP contribution in [0, 0.1) is 23.7 Å². The lowest BCUT2D eigenvalue weighted by Crippen LogP contribution is -1.77. The summed E-state index contributed by atoms with van der Waals surface area (Å²) in [5.41, 5.74) is 2.10. The van der Waals surface area contributed by atoms with Gasteiger partial charge in [-0.25, -0.2) is 0 Å². The van der Waals surface area contributed by atoms with Gasteiger partial charge in [-0.05, 0) is 18.2 Å². The first-order chi connectivity index (χ1) is 6.86. The highest BCUT2D eigenvalue weighted by Gasteiger charge is 1.88. The maximum atomic E-state index is 3.09. The van der Waals surface area contributed by atoms with E-state index >= 15 is 0 Å². The van der Waals surface area contributed by atoms with E-state index in [1.165, 1.54) is 0 Å². The van der Waals surface area contributed by atoms with Gasteiger partial charge in [-0.3, -0.25) is 0 Å². The van der Waals surface area contributed by atoms with Gasteiger partial charge in [0, 0.05) is 24.0 Å². The van der Waals surface area contributed by atoms with Crippen molar-refractivity contribution in [3.8, 4) is 23.7 Å². The van der Waals surface area contributed by atoms with Crippen molar-refractivity contribution in [3.63, 3.8) is 0 Å². The molecule has 0 spiro atoms. The molecular weight excluding hydrogens is 168 g/mol. The second-order valence-corrected chi connectivity index (χ2v) is 2.89. The second kappa shape index (κ2) is 5.90. The molecule has 0 aromatic heterocycles. The molecule has 1 aromatic rings. The van der Waals surface area contributed by atoms with Crippen molar-refractivity contribution < 1.29 is 0 Å². The molecule has 0 saturated carbocycles. The molecule has 0 fully saturated rings. The fourth-order valence-corrected chi connectivity index (χ4v) is 1.06. The van der Waals surface area contributed by atoms with Gasteiger partial charge in [0.05, 0.1) is 0 Å². The summed E-state index contributed by atoms with van der Waals surface area (Å²) in [5, 5.41) is 0. The first-order valence-electron chi connectivity index (χ1n) is 4.94. The van der Waals surface area contributed by atoms with Gasteiger partial charge in [0.25, 0.3) is 0 Å². The zero-order valence-electron chi connectivity index (χ0n) is 8.72. The molecule has 70 valence electrons. The Morgan fingerprint density at radius 1 is 0.929 bits per heavy atom. The number of rotatable bonds is 0. The third kappa shape index (κ3) is 3.38. The molecule has 0 heterocycles. The van der Waals surface area contributed by atoms with Gasteiger partial charge in [-0.1, -0.05) is 43.6 Å². The Labute approximate surface area is 86.3 Å². The van der Waals surface area contributed by atoms with Crippen LogP contribution in [0.4, 0.5) is 0 Å². The van der Waals surface area contributed by atoms with Gasteiger partial charge >= 0.3 is 0 Å². The standard InChI is InChI=1S/C14H14/c1-3-5-8-13-10-7-11-14(12-13)9-6-4-2/h7,10-12H,3-4H2,1-2H3. The summed E-state index contributed by atoms with van der Waals surface area (Å²) in [4.78, 5) is 0. The van der Waals surface area contributed by atoms with Crippen LogP contribution >= 0.6 is 0 Å². The minimum Gasteiger partial charge on any atom is -0.0982 e. The van der Waals surface area contributed by atoms with E-state index in [9.17, 15) is 0 Å². The SMILES string of the molecule is CCC#Cc1cccc(C#CCC)c1. The van der Waals surface area contributed by atoms with Crippen LogP contribution in [-0.2, 0) is 0 Å². The van der Waals surface area contributed by atoms with Crippen molar-refractivity contribution in [2.75, 3.05) is 0 Å². The third-order valence-electron chi connectivity index (χ3n) is 1.68. The van der Waals surface area contributed by atoms with Crippen LogP contribution in [0.5, 0.6) is 0 Å². The highest BCUT2D eigenvalue weighted by atomic mass is 13.9. The zero-order valence-corrected chi connectivity index (χ0v) is 8.72. The summed E-state index contributed by atoms with van der Waals surface area (Å²) in [6.45, 7) is 4.10. The predicted octanol–water partition coefficient (Wildman–Crippen LogP) is 3.21. The lowest BCUT2D eigenvalue weighted by atomic mass is 10.1. The third-order valence-corrected chi connectivity index (χ3v) is 1.68. The topological polar surface area (TPSA) is 0 Å². The monoisotopic (exact) mass is 182 g/mol. The molecule has 0 unspecified atom stereocenters. The quantitative estimate of drug-likeness (QED) is 0.540. The molecule has 0 nitrogen and oxygen atoms in total. The van der Waals surface area contributed by atoms with Crippen molar-refractivity contribution in [1.29, 1.82) is 0 Å². The fourth-order valence-electron chi connectivity index (χ4n) is 1.06. The van der Waals surface area contributed by atoms with Crippen molar-refractivity contribution in [1.82, 2.24) is 0 Å². The average molecular weight is 182 g/mol. The Balaban J connectivity index is 2.89. The van der Waals surface area contributed by atoms with E-state index in [0.717, 1.165) is 24.0 Å². The molecule has 0 N–H and O–H groups in total. The van der Waals surface area contributed by atoms with Crippen LogP contribution in [0.3, 0.4) is 0 Å². The Bertz CT molecular complexity index is 368. The average Bonchev–Trinajstić information content (AvgIpc) is 2.24. The second-order valence-electron chi connectivity index (χ2n) is 2.89. The minimum atomic E-state index is 0.894. The van der Waals surface area contributed by atoms with Crippen LogP contribution < -0.4 is 0 Å². The zero-order chi connectivity index (χ0) is 10.2. The normalized spacial score (nSPS) is 8.14. The number of hydrogen-bond acceptors (Lipinski definition) is 0. The van der Waals surface area contributed by atoms with Crippen LogP contribution in [-0.4, -0.2) is 0 Å². The van der Waals surface area contributed by atoms with Crippen LogP contribution in [0.2, 0.25) is 0 Å². The molecule has 0 bridgehead atoms. The molecule has 1 rings (SSSR count). The van der Waals surface area contributed by atoms with E-state index in [1.54, 1.807) is 0 Å². The molecule has 0 radical (unpaired) electrons. The molecule has 0 aliphatic carbocycles. The first-order valence-corrected chi connectivity index (χ1v) is 4.94. The summed E-state index contributed by atoms with van der Waals surface area (Å²) in [6.07, 6.45) is 1.79. The van der Waals surface area contributed by atoms with Gasteiger partial charge in [0.1, 0.15) is 0 Å². The summed E-state index contributed by atoms with van der Waals surface area (Å²) in [5.74, 6) is 12.3. The molecule has 0 atom stereocenters. The van der Waals surface area contributed by atoms with Crippen LogP contribution in [0.25, 0.3) is 0 Å². The van der Waals surface area contributed by atoms with Gasteiger partial charge in [0.2, 0.25) is 0 Å². The van der Waals surface area contributed by atoms with Crippen molar-refractivity contribution in [3.05, 3.63) is 35.4 Å². The summed E-state index contributed by atoms with van der Waals surface area (Å²) in [7, 11) is 0. The van der Waals surface area contributed by atoms with E-state index in [2.05, 4.69) is 23.7 Å². The van der Waals surface area contributed by atoms with Gasteiger partial charge < -0.3 is 0 Å². The van der Waals surface area contributed by atoms with E-state index in [-0.39, 0.29) is 0 Å². The molecule has 0 amide bonds. The van der Waals surface area contributed by atoms with Crippen LogP contribution in [0.15, 0.2) is 24.3 Å². The van der Waals surface area contributed by atoms with Gasteiger partial charge in [-0.15, -0.1) is 0 Å². The number of benzene rings is 1. The Kier molecular flexibility index (Phi) is 4.39. The molecule has 0 heteroatoms. The first kappa shape index (κ1) is 10.4. The van der Waals surface area contributed by atoms with Crippen LogP contribution in [0.1, 0.15) is 37.8 Å². The molecule has 0 aliphatic heterocycles. The predicted molar refractivity (Wildman–Crippen MR) is 60.8 cm³/mol. The van der Waals surface area contributed by atoms with E-state index < -0.39 is 0 Å². The maximum Gasteiger partial charge on any atom is 0.0257 e. The van der Waals surface area contributed by atoms with E-state index in [4.69, 9.17) is 0 Å². The summed E-state index contributed by atoms with van der Waals surface area (Å²) in [6, 6.07) is 8.06. The Morgan fingerprint density at radius 3 is 1.86 bits per heavy atom. The smallest absolute Gasteiger partial charge is 0.0257 e. The van der Waals surface area contributed by atoms with Crippen molar-refractivity contribution >= 4 is 0 Å². The lowest BCUT2D eigenvalue weighted by molar-refractivity contribution is 1.28. The van der Waals surface area contributed by atoms with Gasteiger partial charge in [0.15, 0.2) is 0 Å². The Morgan fingerprint density at radius 2 is 1.43 bits per heavy atom. The lowest BCUT2D eigenvalue weighted by Gasteiger charge is -1.91. The van der Waals surface area contributed by atoms with Crippen molar-refractivity contribution in [2.45, 2.75) is 26.7 Å². The molecule has 0 aliphatic rings. The van der Waals surface area contributed by atoms with E-state index in [1.807, 2.05) is 38.1 Å². The molecule has 14 heavy (non-hydrogen) atoms. The highest BCUT2D eigenvalue weighted by Crippen LogP contribution is 2.02. The van der Waals surface area contributed by atoms with Crippen molar-refractivity contribution in [2.24, 2.45) is 0 Å². The Hall–Kier alpha value is -1.66. The highest BCUT2D eigenvalue weighted by molar-refractivity contribution is 5.43. The maximum absolute atomic E-state index is 3.09. The summed E-state index contributed by atoms with van der Waals surface area (Å²) < 4.78 is 0.